The van der Waals surface area contributed by atoms with Crippen molar-refractivity contribution in [2.24, 2.45) is 0 Å². The SMILES string of the molecule is CCOc1cccc(/C(O)=C2/C(=O)C(=O)N(C3CCCCC3)C2c2ccc(O)cc2)c1. The molecule has 6 heteroatoms. The van der Waals surface area contributed by atoms with Crippen LogP contribution in [0, 0.1) is 0 Å². The summed E-state index contributed by atoms with van der Waals surface area (Å²) in [4.78, 5) is 27.9. The average Bonchev–Trinajstić information content (AvgIpc) is 3.05. The minimum Gasteiger partial charge on any atom is -0.508 e. The molecule has 4 rings (SSSR count). The number of ketones is 1. The van der Waals surface area contributed by atoms with Crippen molar-refractivity contribution in [1.29, 1.82) is 0 Å². The maximum atomic E-state index is 13.1. The number of carbonyl (C=O) groups is 2. The minimum absolute atomic E-state index is 0.0518. The Bertz CT molecular complexity index is 1000. The van der Waals surface area contributed by atoms with Crippen LogP contribution >= 0.6 is 0 Å². The van der Waals surface area contributed by atoms with Gasteiger partial charge in [0.25, 0.3) is 11.7 Å². The first kappa shape index (κ1) is 21.0. The summed E-state index contributed by atoms with van der Waals surface area (Å²) < 4.78 is 5.52. The van der Waals surface area contributed by atoms with E-state index < -0.39 is 17.7 Å². The number of aromatic hydroxyl groups is 1. The molecule has 2 aromatic carbocycles. The second-order valence-electron chi connectivity index (χ2n) is 8.05. The first-order chi connectivity index (χ1) is 15.0. The smallest absolute Gasteiger partial charge is 0.295 e. The van der Waals surface area contributed by atoms with Crippen molar-refractivity contribution in [3.63, 3.8) is 0 Å². The number of Topliss-reactive ketones (excluding diaryl/α,β-unsaturated/α-hetero) is 1. The van der Waals surface area contributed by atoms with E-state index in [4.69, 9.17) is 4.74 Å². The molecule has 2 aliphatic rings. The molecule has 2 fully saturated rings. The summed E-state index contributed by atoms with van der Waals surface area (Å²) in [6.07, 6.45) is 4.80. The van der Waals surface area contributed by atoms with Gasteiger partial charge >= 0.3 is 0 Å². The fourth-order valence-corrected chi connectivity index (χ4v) is 4.63. The second kappa shape index (κ2) is 8.84. The number of likely N-dealkylation sites (tertiary alicyclic amines) is 1. The molecule has 1 unspecified atom stereocenters. The Morgan fingerprint density at radius 2 is 1.77 bits per heavy atom. The Balaban J connectivity index is 1.84. The molecule has 0 aromatic heterocycles. The predicted molar refractivity (Wildman–Crippen MR) is 117 cm³/mol. The zero-order valence-corrected chi connectivity index (χ0v) is 17.6. The summed E-state index contributed by atoms with van der Waals surface area (Å²) in [7, 11) is 0. The van der Waals surface area contributed by atoms with Crippen LogP contribution in [0.2, 0.25) is 0 Å². The van der Waals surface area contributed by atoms with Gasteiger partial charge in [-0.3, -0.25) is 9.59 Å². The lowest BCUT2D eigenvalue weighted by atomic mass is 9.91. The van der Waals surface area contributed by atoms with Crippen LogP contribution in [0.5, 0.6) is 11.5 Å². The maximum absolute atomic E-state index is 13.1. The molecule has 1 amide bonds. The molecule has 1 saturated carbocycles. The Kier molecular flexibility index (Phi) is 5.98. The highest BCUT2D eigenvalue weighted by atomic mass is 16.5. The number of aliphatic hydroxyl groups is 1. The number of ether oxygens (including phenoxy) is 1. The van der Waals surface area contributed by atoms with Crippen LogP contribution in [0.25, 0.3) is 5.76 Å². The molecule has 1 aliphatic heterocycles. The highest BCUT2D eigenvalue weighted by molar-refractivity contribution is 6.46. The Morgan fingerprint density at radius 1 is 1.06 bits per heavy atom. The van der Waals surface area contributed by atoms with E-state index in [-0.39, 0.29) is 23.1 Å². The van der Waals surface area contributed by atoms with Crippen molar-refractivity contribution in [3.8, 4) is 11.5 Å². The molecule has 6 nitrogen and oxygen atoms in total. The standard InChI is InChI=1S/C25H27NO5/c1-2-31-20-10-6-7-17(15-20)23(28)21-22(16-11-13-19(27)14-12-16)26(25(30)24(21)29)18-8-4-3-5-9-18/h6-7,10-15,18,22,27-28H,2-5,8-9H2,1H3/b23-21-. The number of phenolic OH excluding ortho intramolecular Hbond substituents is 1. The molecule has 1 saturated heterocycles. The summed E-state index contributed by atoms with van der Waals surface area (Å²) >= 11 is 0. The summed E-state index contributed by atoms with van der Waals surface area (Å²) in [5, 5.41) is 20.9. The van der Waals surface area contributed by atoms with E-state index in [0.29, 0.717) is 23.5 Å². The van der Waals surface area contributed by atoms with Gasteiger partial charge in [0.15, 0.2) is 0 Å². The number of amides is 1. The lowest BCUT2D eigenvalue weighted by molar-refractivity contribution is -0.141. The molecule has 0 bridgehead atoms. The van der Waals surface area contributed by atoms with Crippen molar-refractivity contribution in [2.75, 3.05) is 6.61 Å². The average molecular weight is 421 g/mol. The minimum atomic E-state index is -0.695. The highest BCUT2D eigenvalue weighted by Crippen LogP contribution is 2.43. The maximum Gasteiger partial charge on any atom is 0.295 e. The molecule has 2 N–H and O–H groups in total. The largest absolute Gasteiger partial charge is 0.508 e. The number of hydrogen-bond donors (Lipinski definition) is 2. The van der Waals surface area contributed by atoms with Gasteiger partial charge in [0.05, 0.1) is 18.2 Å². The topological polar surface area (TPSA) is 87.1 Å². The van der Waals surface area contributed by atoms with E-state index in [9.17, 15) is 19.8 Å². The van der Waals surface area contributed by atoms with Crippen molar-refractivity contribution in [1.82, 2.24) is 4.90 Å². The second-order valence-corrected chi connectivity index (χ2v) is 8.05. The monoisotopic (exact) mass is 421 g/mol. The Hall–Kier alpha value is -3.28. The predicted octanol–water partition coefficient (Wildman–Crippen LogP) is 4.55. The number of phenols is 1. The van der Waals surface area contributed by atoms with Crippen molar-refractivity contribution in [3.05, 3.63) is 65.2 Å². The van der Waals surface area contributed by atoms with Crippen LogP contribution in [0.15, 0.2) is 54.1 Å². The van der Waals surface area contributed by atoms with Gasteiger partial charge in [0.1, 0.15) is 17.3 Å². The summed E-state index contributed by atoms with van der Waals surface area (Å²) in [6, 6.07) is 12.6. The molecule has 2 aromatic rings. The molecular weight excluding hydrogens is 394 g/mol. The fraction of sp³-hybridized carbons (Fsp3) is 0.360. The molecule has 1 atom stereocenters. The third-order valence-corrected chi connectivity index (χ3v) is 6.08. The third kappa shape index (κ3) is 4.02. The normalized spacial score (nSPS) is 21.5. The van der Waals surface area contributed by atoms with E-state index in [1.165, 1.54) is 12.1 Å². The van der Waals surface area contributed by atoms with Crippen molar-refractivity contribution < 1.29 is 24.5 Å². The summed E-state index contributed by atoms with van der Waals surface area (Å²) in [6.45, 7) is 2.34. The quantitative estimate of drug-likeness (QED) is 0.420. The van der Waals surface area contributed by atoms with Gasteiger partial charge in [0, 0.05) is 11.6 Å². The molecule has 1 aliphatic carbocycles. The van der Waals surface area contributed by atoms with E-state index in [0.717, 1.165) is 32.1 Å². The third-order valence-electron chi connectivity index (χ3n) is 6.08. The van der Waals surface area contributed by atoms with Gasteiger partial charge < -0.3 is 19.8 Å². The van der Waals surface area contributed by atoms with Gasteiger partial charge in [0.2, 0.25) is 0 Å². The van der Waals surface area contributed by atoms with E-state index >= 15 is 0 Å². The highest BCUT2D eigenvalue weighted by Gasteiger charge is 2.48. The van der Waals surface area contributed by atoms with Gasteiger partial charge in [-0.05, 0) is 49.6 Å². The van der Waals surface area contributed by atoms with E-state index in [1.807, 2.05) is 6.92 Å². The number of aliphatic hydroxyl groups excluding tert-OH is 1. The number of nitrogens with zero attached hydrogens (tertiary/aromatic N) is 1. The molecule has 0 radical (unpaired) electrons. The van der Waals surface area contributed by atoms with Gasteiger partial charge in [-0.2, -0.15) is 0 Å². The van der Waals surface area contributed by atoms with Crippen LogP contribution in [0.3, 0.4) is 0 Å². The first-order valence-corrected chi connectivity index (χ1v) is 10.8. The molecular formula is C25H27NO5. The van der Waals surface area contributed by atoms with Gasteiger partial charge in [-0.1, -0.05) is 43.5 Å². The molecule has 162 valence electrons. The lowest BCUT2D eigenvalue weighted by Gasteiger charge is -2.35. The van der Waals surface area contributed by atoms with E-state index in [2.05, 4.69) is 0 Å². The van der Waals surface area contributed by atoms with Crippen LogP contribution in [0.1, 0.15) is 56.2 Å². The summed E-state index contributed by atoms with van der Waals surface area (Å²) in [5.41, 5.74) is 1.19. The van der Waals surface area contributed by atoms with Crippen LogP contribution in [-0.2, 0) is 9.59 Å². The first-order valence-electron chi connectivity index (χ1n) is 10.8. The number of benzene rings is 2. The van der Waals surface area contributed by atoms with E-state index in [1.54, 1.807) is 41.3 Å². The molecule has 31 heavy (non-hydrogen) atoms. The van der Waals surface area contributed by atoms with Crippen molar-refractivity contribution >= 4 is 17.4 Å². The number of carbonyl (C=O) groups excluding carboxylic acids is 2. The zero-order chi connectivity index (χ0) is 22.0. The van der Waals surface area contributed by atoms with Crippen LogP contribution < -0.4 is 4.74 Å². The Morgan fingerprint density at radius 3 is 2.45 bits per heavy atom. The fourth-order valence-electron chi connectivity index (χ4n) is 4.63. The number of hydrogen-bond acceptors (Lipinski definition) is 5. The van der Waals surface area contributed by atoms with Crippen molar-refractivity contribution in [2.45, 2.75) is 51.1 Å². The molecule has 0 spiro atoms. The summed E-state index contributed by atoms with van der Waals surface area (Å²) in [5.74, 6) is -0.788. The number of rotatable bonds is 5. The van der Waals surface area contributed by atoms with Crippen LogP contribution in [0.4, 0.5) is 0 Å². The zero-order valence-electron chi connectivity index (χ0n) is 17.6. The van der Waals surface area contributed by atoms with Gasteiger partial charge in [-0.25, -0.2) is 0 Å². The Labute approximate surface area is 181 Å². The van der Waals surface area contributed by atoms with Crippen LogP contribution in [-0.4, -0.2) is 39.5 Å². The van der Waals surface area contributed by atoms with Gasteiger partial charge in [-0.15, -0.1) is 0 Å². The molecule has 1 heterocycles. The lowest BCUT2D eigenvalue weighted by Crippen LogP contribution is -2.40.